The zero-order chi connectivity index (χ0) is 12.6. The zero-order valence-corrected chi connectivity index (χ0v) is 11.4. The number of hydrogen-bond donors (Lipinski definition) is 2. The van der Waals surface area contributed by atoms with Gasteiger partial charge in [0, 0.05) is 19.1 Å². The molecule has 0 unspecified atom stereocenters. The Labute approximate surface area is 119 Å². The molecule has 19 heavy (non-hydrogen) atoms. The van der Waals surface area contributed by atoms with Crippen molar-refractivity contribution in [3.05, 3.63) is 35.9 Å². The van der Waals surface area contributed by atoms with E-state index in [0.29, 0.717) is 19.8 Å². The van der Waals surface area contributed by atoms with Crippen LogP contribution >= 0.6 is 12.4 Å². The lowest BCUT2D eigenvalue weighted by atomic mass is 10.2. The number of amides is 1. The second-order valence-corrected chi connectivity index (χ2v) is 4.17. The Morgan fingerprint density at radius 1 is 1.42 bits per heavy atom. The highest BCUT2D eigenvalue weighted by molar-refractivity contribution is 5.85. The summed E-state index contributed by atoms with van der Waals surface area (Å²) in [6, 6.07) is 9.77. The van der Waals surface area contributed by atoms with Gasteiger partial charge in [-0.25, -0.2) is 4.79 Å². The van der Waals surface area contributed by atoms with Crippen LogP contribution < -0.4 is 10.6 Å². The molecule has 1 fully saturated rings. The summed E-state index contributed by atoms with van der Waals surface area (Å²) in [4.78, 5) is 11.5. The van der Waals surface area contributed by atoms with Crippen LogP contribution in [0.4, 0.5) is 4.79 Å². The van der Waals surface area contributed by atoms with Crippen molar-refractivity contribution >= 4 is 18.5 Å². The van der Waals surface area contributed by atoms with Crippen molar-refractivity contribution in [3.8, 4) is 0 Å². The quantitative estimate of drug-likeness (QED) is 0.876. The van der Waals surface area contributed by atoms with Crippen LogP contribution in [0.2, 0.25) is 0 Å². The largest absolute Gasteiger partial charge is 0.445 e. The third-order valence-corrected chi connectivity index (χ3v) is 2.70. The molecule has 0 spiro atoms. The van der Waals surface area contributed by atoms with Crippen LogP contribution in [0.5, 0.6) is 0 Å². The molecule has 2 rings (SSSR count). The number of benzene rings is 1. The van der Waals surface area contributed by atoms with Crippen LogP contribution in [0.25, 0.3) is 0 Å². The highest BCUT2D eigenvalue weighted by Gasteiger charge is 2.14. The number of ether oxygens (including phenoxy) is 2. The van der Waals surface area contributed by atoms with Crippen LogP contribution in [0.15, 0.2) is 30.3 Å². The molecule has 0 aliphatic carbocycles. The third kappa shape index (κ3) is 5.92. The first-order chi connectivity index (χ1) is 8.84. The standard InChI is InChI=1S/C13H18N2O3.ClH/c16-13(15-8-12-10-17-7-6-14-12)18-9-11-4-2-1-3-5-11;/h1-5,12,14H,6-10H2,(H,15,16);1H/t12-;/m0./s1. The van der Waals surface area contributed by atoms with Crippen molar-refractivity contribution in [2.45, 2.75) is 12.6 Å². The maximum Gasteiger partial charge on any atom is 0.407 e. The van der Waals surface area contributed by atoms with Crippen LogP contribution in [-0.2, 0) is 16.1 Å². The van der Waals surface area contributed by atoms with Crippen molar-refractivity contribution < 1.29 is 14.3 Å². The number of rotatable bonds is 4. The van der Waals surface area contributed by atoms with Crippen molar-refractivity contribution in [1.29, 1.82) is 0 Å². The fourth-order valence-electron chi connectivity index (χ4n) is 1.73. The summed E-state index contributed by atoms with van der Waals surface area (Å²) in [5, 5.41) is 5.97. The van der Waals surface area contributed by atoms with E-state index in [2.05, 4.69) is 10.6 Å². The first-order valence-corrected chi connectivity index (χ1v) is 6.10. The summed E-state index contributed by atoms with van der Waals surface area (Å²) in [6.45, 7) is 2.99. The second kappa shape index (κ2) is 8.74. The number of morpholine rings is 1. The van der Waals surface area contributed by atoms with Gasteiger partial charge in [0.15, 0.2) is 0 Å². The van der Waals surface area contributed by atoms with Gasteiger partial charge in [-0.3, -0.25) is 0 Å². The maximum absolute atomic E-state index is 11.5. The Hall–Kier alpha value is -1.30. The lowest BCUT2D eigenvalue weighted by Crippen LogP contribution is -2.48. The molecule has 1 aromatic rings. The van der Waals surface area contributed by atoms with E-state index in [1.165, 1.54) is 0 Å². The minimum Gasteiger partial charge on any atom is -0.445 e. The Morgan fingerprint density at radius 3 is 2.89 bits per heavy atom. The molecule has 0 aromatic heterocycles. The summed E-state index contributed by atoms with van der Waals surface area (Å²) in [5.41, 5.74) is 0.978. The predicted octanol–water partition coefficient (Wildman–Crippen LogP) is 1.32. The van der Waals surface area contributed by atoms with Gasteiger partial charge >= 0.3 is 6.09 Å². The molecule has 106 valence electrons. The van der Waals surface area contributed by atoms with Gasteiger partial charge in [-0.1, -0.05) is 30.3 Å². The smallest absolute Gasteiger partial charge is 0.407 e. The fraction of sp³-hybridized carbons (Fsp3) is 0.462. The minimum atomic E-state index is -0.397. The summed E-state index contributed by atoms with van der Waals surface area (Å²) >= 11 is 0. The Kier molecular flexibility index (Phi) is 7.25. The van der Waals surface area contributed by atoms with Crippen molar-refractivity contribution in [2.24, 2.45) is 0 Å². The van der Waals surface area contributed by atoms with E-state index in [-0.39, 0.29) is 18.4 Å². The molecule has 0 saturated carbocycles. The van der Waals surface area contributed by atoms with Gasteiger partial charge in [-0.05, 0) is 5.56 Å². The Balaban J connectivity index is 0.00000180. The summed E-state index contributed by atoms with van der Waals surface area (Å²) in [6.07, 6.45) is -0.397. The van der Waals surface area contributed by atoms with Gasteiger partial charge < -0.3 is 20.1 Å². The molecule has 5 nitrogen and oxygen atoms in total. The maximum atomic E-state index is 11.5. The summed E-state index contributed by atoms with van der Waals surface area (Å²) in [5.74, 6) is 0. The average molecular weight is 287 g/mol. The number of carbonyl (C=O) groups excluding carboxylic acids is 1. The van der Waals surface area contributed by atoms with Gasteiger partial charge in [0.05, 0.1) is 13.2 Å². The van der Waals surface area contributed by atoms with Gasteiger partial charge in [0.1, 0.15) is 6.61 Å². The number of nitrogens with one attached hydrogen (secondary N) is 2. The molecule has 2 N–H and O–H groups in total. The lowest BCUT2D eigenvalue weighted by molar-refractivity contribution is 0.0749. The molecule has 1 amide bonds. The van der Waals surface area contributed by atoms with Gasteiger partial charge in [-0.15, -0.1) is 12.4 Å². The number of halogens is 1. The molecule has 0 radical (unpaired) electrons. The molecule has 1 heterocycles. The Bertz CT molecular complexity index is 369. The van der Waals surface area contributed by atoms with Crippen molar-refractivity contribution in [2.75, 3.05) is 26.3 Å². The molecule has 1 saturated heterocycles. The van der Waals surface area contributed by atoms with Gasteiger partial charge in [-0.2, -0.15) is 0 Å². The predicted molar refractivity (Wildman–Crippen MR) is 74.5 cm³/mol. The minimum absolute atomic E-state index is 0. The molecular weight excluding hydrogens is 268 g/mol. The van der Waals surface area contributed by atoms with E-state index in [9.17, 15) is 4.79 Å². The molecule has 0 bridgehead atoms. The average Bonchev–Trinajstić information content (AvgIpc) is 2.45. The van der Waals surface area contributed by atoms with E-state index >= 15 is 0 Å². The molecule has 1 aromatic carbocycles. The fourth-order valence-corrected chi connectivity index (χ4v) is 1.73. The topological polar surface area (TPSA) is 59.6 Å². The number of alkyl carbamates (subject to hydrolysis) is 1. The van der Waals surface area contributed by atoms with Crippen molar-refractivity contribution in [3.63, 3.8) is 0 Å². The van der Waals surface area contributed by atoms with E-state index in [4.69, 9.17) is 9.47 Å². The van der Waals surface area contributed by atoms with Gasteiger partial charge in [0.2, 0.25) is 0 Å². The van der Waals surface area contributed by atoms with E-state index in [1.807, 2.05) is 30.3 Å². The van der Waals surface area contributed by atoms with E-state index in [1.54, 1.807) is 0 Å². The van der Waals surface area contributed by atoms with Crippen LogP contribution in [0, 0.1) is 0 Å². The molecule has 1 atom stereocenters. The van der Waals surface area contributed by atoms with E-state index < -0.39 is 6.09 Å². The zero-order valence-electron chi connectivity index (χ0n) is 10.6. The van der Waals surface area contributed by atoms with E-state index in [0.717, 1.165) is 18.7 Å². The second-order valence-electron chi connectivity index (χ2n) is 4.17. The highest BCUT2D eigenvalue weighted by Crippen LogP contribution is 2.00. The lowest BCUT2D eigenvalue weighted by Gasteiger charge is -2.23. The Morgan fingerprint density at radius 2 is 2.21 bits per heavy atom. The molecule has 6 heteroatoms. The molecule has 1 aliphatic heterocycles. The van der Waals surface area contributed by atoms with Crippen LogP contribution in [-0.4, -0.2) is 38.4 Å². The first-order valence-electron chi connectivity index (χ1n) is 6.10. The summed E-state index contributed by atoms with van der Waals surface area (Å²) < 4.78 is 10.4. The first kappa shape index (κ1) is 15.8. The van der Waals surface area contributed by atoms with Crippen LogP contribution in [0.3, 0.4) is 0 Å². The molecule has 1 aliphatic rings. The normalized spacial score (nSPS) is 18.2. The SMILES string of the molecule is Cl.O=C(NC[C@H]1COCCN1)OCc1ccccc1. The highest BCUT2D eigenvalue weighted by atomic mass is 35.5. The number of carbonyl (C=O) groups is 1. The molecular formula is C13H19ClN2O3. The van der Waals surface area contributed by atoms with Crippen LogP contribution in [0.1, 0.15) is 5.56 Å². The number of hydrogen-bond acceptors (Lipinski definition) is 4. The van der Waals surface area contributed by atoms with Crippen molar-refractivity contribution in [1.82, 2.24) is 10.6 Å². The summed E-state index contributed by atoms with van der Waals surface area (Å²) in [7, 11) is 0. The monoisotopic (exact) mass is 286 g/mol. The third-order valence-electron chi connectivity index (χ3n) is 2.70. The van der Waals surface area contributed by atoms with Gasteiger partial charge in [0.25, 0.3) is 0 Å².